The molecule has 0 radical (unpaired) electrons. The normalized spacial score (nSPS) is 12.2. The van der Waals surface area contributed by atoms with Crippen LogP contribution in [0.2, 0.25) is 0 Å². The minimum atomic E-state index is -1.01. The van der Waals surface area contributed by atoms with Gasteiger partial charge in [0.25, 0.3) is 0 Å². The fraction of sp³-hybridized carbons (Fsp3) is 0.625. The van der Waals surface area contributed by atoms with Gasteiger partial charge in [-0.25, -0.2) is 4.79 Å². The molecule has 0 aromatic carbocycles. The zero-order valence-electron chi connectivity index (χ0n) is 7.53. The highest BCUT2D eigenvalue weighted by molar-refractivity contribution is 5.79. The molecule has 0 saturated heterocycles. The molecule has 0 aromatic heterocycles. The summed E-state index contributed by atoms with van der Waals surface area (Å²) in [5.74, 6) is -1.92. The predicted octanol–water partition coefficient (Wildman–Crippen LogP) is 1.03. The number of ether oxygens (including phenoxy) is 2. The van der Waals surface area contributed by atoms with Crippen LogP contribution in [-0.4, -0.2) is 31.1 Å². The van der Waals surface area contributed by atoms with Gasteiger partial charge in [0.2, 0.25) is 0 Å². The van der Waals surface area contributed by atoms with Crippen LogP contribution in [0.1, 0.15) is 13.3 Å². The van der Waals surface area contributed by atoms with E-state index in [9.17, 15) is 4.79 Å². The molecule has 0 aliphatic rings. The van der Waals surface area contributed by atoms with E-state index in [1.807, 2.05) is 6.92 Å². The minimum absolute atomic E-state index is 0.559. The number of hydrogen-bond donors (Lipinski definition) is 1. The summed E-state index contributed by atoms with van der Waals surface area (Å²) in [7, 11) is 2.94. The first kappa shape index (κ1) is 11.1. The Morgan fingerprint density at radius 1 is 1.50 bits per heavy atom. The van der Waals surface area contributed by atoms with Gasteiger partial charge < -0.3 is 14.6 Å². The second-order valence-electron chi connectivity index (χ2n) is 2.25. The molecule has 0 aliphatic heterocycles. The topological polar surface area (TPSA) is 55.8 Å². The van der Waals surface area contributed by atoms with Crippen molar-refractivity contribution in [3.63, 3.8) is 0 Å². The monoisotopic (exact) mass is 174 g/mol. The first-order valence-corrected chi connectivity index (χ1v) is 3.62. The van der Waals surface area contributed by atoms with Crippen LogP contribution in [0, 0.1) is 0 Å². The minimum Gasteiger partial charge on any atom is -0.478 e. The van der Waals surface area contributed by atoms with Crippen molar-refractivity contribution < 1.29 is 19.4 Å². The molecule has 0 amide bonds. The van der Waals surface area contributed by atoms with Crippen molar-refractivity contribution in [2.75, 3.05) is 14.2 Å². The highest BCUT2D eigenvalue weighted by atomic mass is 16.7. The number of carboxylic acid groups (broad SMARTS) is 1. The summed E-state index contributed by atoms with van der Waals surface area (Å²) in [6.45, 7) is 1.85. The summed E-state index contributed by atoms with van der Waals surface area (Å²) < 4.78 is 10.0. The number of rotatable bonds is 5. The maximum atomic E-state index is 10.2. The van der Waals surface area contributed by atoms with E-state index in [4.69, 9.17) is 14.6 Å². The van der Waals surface area contributed by atoms with E-state index in [-0.39, 0.29) is 0 Å². The molecular weight excluding hydrogens is 160 g/mol. The predicted molar refractivity (Wildman–Crippen MR) is 43.8 cm³/mol. The lowest BCUT2D eigenvalue weighted by Crippen LogP contribution is -2.30. The molecule has 0 fully saturated rings. The second-order valence-corrected chi connectivity index (χ2v) is 2.25. The molecule has 0 aromatic rings. The number of carboxylic acids is 1. The molecule has 70 valence electrons. The SMILES string of the molecule is CCC(C=CC(=O)O)(OC)OC. The van der Waals surface area contributed by atoms with Crippen molar-refractivity contribution in [3.8, 4) is 0 Å². The first-order valence-electron chi connectivity index (χ1n) is 3.62. The van der Waals surface area contributed by atoms with Gasteiger partial charge in [-0.15, -0.1) is 0 Å². The van der Waals surface area contributed by atoms with Crippen LogP contribution in [0.15, 0.2) is 12.2 Å². The van der Waals surface area contributed by atoms with E-state index < -0.39 is 11.8 Å². The van der Waals surface area contributed by atoms with Gasteiger partial charge in [-0.2, -0.15) is 0 Å². The van der Waals surface area contributed by atoms with E-state index >= 15 is 0 Å². The average molecular weight is 174 g/mol. The summed E-state index contributed by atoms with van der Waals surface area (Å²) in [6.07, 6.45) is 2.95. The number of carbonyl (C=O) groups is 1. The third kappa shape index (κ3) is 3.02. The Morgan fingerprint density at radius 2 is 2.00 bits per heavy atom. The quantitative estimate of drug-likeness (QED) is 0.499. The molecule has 0 rings (SSSR count). The molecule has 12 heavy (non-hydrogen) atoms. The Labute approximate surface area is 71.8 Å². The summed E-state index contributed by atoms with van der Waals surface area (Å²) in [4.78, 5) is 10.2. The Balaban J connectivity index is 4.39. The molecule has 0 heterocycles. The maximum Gasteiger partial charge on any atom is 0.328 e. The molecule has 0 bridgehead atoms. The third-order valence-corrected chi connectivity index (χ3v) is 1.66. The molecule has 4 heteroatoms. The van der Waals surface area contributed by atoms with Gasteiger partial charge in [-0.1, -0.05) is 6.92 Å². The zero-order valence-corrected chi connectivity index (χ0v) is 7.53. The van der Waals surface area contributed by atoms with Crippen molar-refractivity contribution >= 4 is 5.97 Å². The number of hydrogen-bond acceptors (Lipinski definition) is 3. The smallest absolute Gasteiger partial charge is 0.328 e. The zero-order chi connectivity index (χ0) is 9.61. The highest BCUT2D eigenvalue weighted by Crippen LogP contribution is 2.17. The maximum absolute atomic E-state index is 10.2. The lowest BCUT2D eigenvalue weighted by Gasteiger charge is -2.25. The summed E-state index contributed by atoms with van der Waals surface area (Å²) in [5.41, 5.74) is 0. The van der Waals surface area contributed by atoms with Gasteiger partial charge in [0.1, 0.15) is 0 Å². The molecule has 0 spiro atoms. The third-order valence-electron chi connectivity index (χ3n) is 1.66. The number of methoxy groups -OCH3 is 2. The van der Waals surface area contributed by atoms with E-state index in [1.54, 1.807) is 0 Å². The molecule has 0 atom stereocenters. The van der Waals surface area contributed by atoms with Gasteiger partial charge in [0.05, 0.1) is 0 Å². The molecule has 0 saturated carbocycles. The number of aliphatic carboxylic acids is 1. The Kier molecular flexibility index (Phi) is 4.54. The lowest BCUT2D eigenvalue weighted by molar-refractivity contribution is -0.171. The van der Waals surface area contributed by atoms with E-state index in [0.29, 0.717) is 6.42 Å². The molecule has 0 aliphatic carbocycles. The first-order chi connectivity index (χ1) is 5.60. The van der Waals surface area contributed by atoms with Gasteiger partial charge in [-0.05, 0) is 6.08 Å². The van der Waals surface area contributed by atoms with Crippen LogP contribution < -0.4 is 0 Å². The van der Waals surface area contributed by atoms with Crippen molar-refractivity contribution in [3.05, 3.63) is 12.2 Å². The molecular formula is C8H14O4. The van der Waals surface area contributed by atoms with E-state index in [0.717, 1.165) is 6.08 Å². The summed E-state index contributed by atoms with van der Waals surface area (Å²) in [5, 5.41) is 8.37. The Morgan fingerprint density at radius 3 is 2.25 bits per heavy atom. The van der Waals surface area contributed by atoms with Crippen LogP contribution in [0.3, 0.4) is 0 Å². The molecule has 0 unspecified atom stereocenters. The van der Waals surface area contributed by atoms with Crippen molar-refractivity contribution in [1.29, 1.82) is 0 Å². The Hall–Kier alpha value is -0.870. The average Bonchev–Trinajstić information content (AvgIpc) is 2.08. The summed E-state index contributed by atoms with van der Waals surface area (Å²) in [6, 6.07) is 0. The van der Waals surface area contributed by atoms with Crippen LogP contribution in [-0.2, 0) is 14.3 Å². The fourth-order valence-corrected chi connectivity index (χ4v) is 0.824. The Bertz CT molecular complexity index is 162. The van der Waals surface area contributed by atoms with Crippen LogP contribution in [0.4, 0.5) is 0 Å². The van der Waals surface area contributed by atoms with Crippen LogP contribution in [0.25, 0.3) is 0 Å². The van der Waals surface area contributed by atoms with Gasteiger partial charge in [0.15, 0.2) is 5.79 Å². The van der Waals surface area contributed by atoms with Crippen molar-refractivity contribution in [2.24, 2.45) is 0 Å². The van der Waals surface area contributed by atoms with E-state index in [1.165, 1.54) is 20.3 Å². The van der Waals surface area contributed by atoms with Gasteiger partial charge >= 0.3 is 5.97 Å². The lowest BCUT2D eigenvalue weighted by atomic mass is 10.2. The standard InChI is InChI=1S/C8H14O4/c1-4-8(11-2,12-3)6-5-7(9)10/h5-6H,4H2,1-3H3,(H,9,10). The fourth-order valence-electron chi connectivity index (χ4n) is 0.824. The largest absolute Gasteiger partial charge is 0.478 e. The van der Waals surface area contributed by atoms with E-state index in [2.05, 4.69) is 0 Å². The van der Waals surface area contributed by atoms with Crippen LogP contribution >= 0.6 is 0 Å². The van der Waals surface area contributed by atoms with Crippen molar-refractivity contribution in [1.82, 2.24) is 0 Å². The molecule has 4 nitrogen and oxygen atoms in total. The second kappa shape index (κ2) is 4.90. The van der Waals surface area contributed by atoms with Crippen LogP contribution in [0.5, 0.6) is 0 Å². The highest BCUT2D eigenvalue weighted by Gasteiger charge is 2.23. The molecule has 1 N–H and O–H groups in total. The van der Waals surface area contributed by atoms with Gasteiger partial charge in [-0.3, -0.25) is 0 Å². The summed E-state index contributed by atoms with van der Waals surface area (Å²) >= 11 is 0. The van der Waals surface area contributed by atoms with Crippen molar-refractivity contribution in [2.45, 2.75) is 19.1 Å². The van der Waals surface area contributed by atoms with Gasteiger partial charge in [0, 0.05) is 26.7 Å².